The first-order valence-electron chi connectivity index (χ1n) is 11.0. The van der Waals surface area contributed by atoms with Crippen LogP contribution in [-0.4, -0.2) is 53.0 Å². The minimum atomic E-state index is -0.426. The highest BCUT2D eigenvalue weighted by Gasteiger charge is 2.53. The molecule has 2 aromatic heterocycles. The first kappa shape index (κ1) is 21.7. The van der Waals surface area contributed by atoms with E-state index in [0.717, 1.165) is 36.5 Å². The van der Waals surface area contributed by atoms with Gasteiger partial charge < -0.3 is 19.4 Å². The van der Waals surface area contributed by atoms with E-state index >= 15 is 0 Å². The predicted molar refractivity (Wildman–Crippen MR) is 130 cm³/mol. The second-order valence-corrected chi connectivity index (χ2v) is 9.60. The number of nitrogens with one attached hydrogen (secondary N) is 2. The van der Waals surface area contributed by atoms with Crippen LogP contribution in [0.15, 0.2) is 47.2 Å². The third kappa shape index (κ3) is 4.67. The molecule has 2 fully saturated rings. The summed E-state index contributed by atoms with van der Waals surface area (Å²) in [5.41, 5.74) is 2.66. The van der Waals surface area contributed by atoms with Gasteiger partial charge in [0.2, 0.25) is 0 Å². The van der Waals surface area contributed by atoms with E-state index in [1.807, 2.05) is 24.3 Å². The molecule has 1 aliphatic carbocycles. The summed E-state index contributed by atoms with van der Waals surface area (Å²) >= 11 is 1.34. The van der Waals surface area contributed by atoms with Crippen molar-refractivity contribution in [1.29, 1.82) is 0 Å². The molecule has 1 saturated heterocycles. The van der Waals surface area contributed by atoms with Crippen LogP contribution in [0.4, 0.5) is 22.3 Å². The number of ether oxygens (including phenoxy) is 1. The maximum absolute atomic E-state index is 12.1. The number of oxazole rings is 1. The molecular weight excluding hydrogens is 440 g/mol. The predicted octanol–water partition coefficient (Wildman–Crippen LogP) is 3.43. The van der Waals surface area contributed by atoms with Crippen molar-refractivity contribution in [2.45, 2.75) is 30.6 Å². The highest BCUT2D eigenvalue weighted by atomic mass is 32.2. The minimum absolute atomic E-state index is 0.140. The van der Waals surface area contributed by atoms with E-state index in [4.69, 9.17) is 19.1 Å². The number of benzene rings is 1. The Morgan fingerprint density at radius 1 is 1.21 bits per heavy atom. The molecule has 2 N–H and O–H groups in total. The van der Waals surface area contributed by atoms with Crippen LogP contribution in [0, 0.1) is 0 Å². The Bertz CT molecular complexity index is 1120. The summed E-state index contributed by atoms with van der Waals surface area (Å²) < 4.78 is 10.8. The van der Waals surface area contributed by atoms with Gasteiger partial charge in [-0.2, -0.15) is 0 Å². The summed E-state index contributed by atoms with van der Waals surface area (Å²) in [5, 5.41) is 5.30. The summed E-state index contributed by atoms with van der Waals surface area (Å²) in [6.07, 6.45) is 7.38. The number of morpholine rings is 1. The molecule has 172 valence electrons. The quantitative estimate of drug-likeness (QED) is 0.423. The van der Waals surface area contributed by atoms with Crippen LogP contribution in [0.25, 0.3) is 11.4 Å². The number of anilines is 3. The minimum Gasteiger partial charge on any atom is -0.432 e. The fourth-order valence-electron chi connectivity index (χ4n) is 3.98. The summed E-state index contributed by atoms with van der Waals surface area (Å²) in [7, 11) is 0. The Balaban J connectivity index is 1.40. The number of rotatable bonds is 6. The summed E-state index contributed by atoms with van der Waals surface area (Å²) in [6.45, 7) is 4.37. The number of hydrogen-bond donors (Lipinski definition) is 2. The van der Waals surface area contributed by atoms with Crippen LogP contribution < -0.4 is 15.5 Å². The summed E-state index contributed by atoms with van der Waals surface area (Å²) in [5.74, 6) is 1.65. The zero-order chi connectivity index (χ0) is 22.8. The number of urea groups is 1. The van der Waals surface area contributed by atoms with Gasteiger partial charge in [-0.05, 0) is 43.0 Å². The third-order valence-electron chi connectivity index (χ3n) is 6.06. The number of carbonyl (C=O) groups excluding carboxylic acids is 1. The Hall–Kier alpha value is -3.11. The number of thiol groups is 1. The SMILES string of the molecule is C[SH+]C1(c2cc(N3CCOC[C@@H]3C)nc(-c3ccc(NC(=O)Nc4ncco4)cc3)n2)CC1. The van der Waals surface area contributed by atoms with Gasteiger partial charge in [0.15, 0.2) is 10.6 Å². The Labute approximate surface area is 196 Å². The second kappa shape index (κ2) is 9.03. The lowest BCUT2D eigenvalue weighted by Gasteiger charge is -2.34. The van der Waals surface area contributed by atoms with Crippen LogP contribution >= 0.6 is 0 Å². The highest BCUT2D eigenvalue weighted by Crippen LogP contribution is 2.49. The van der Waals surface area contributed by atoms with Crippen LogP contribution in [0.3, 0.4) is 0 Å². The van der Waals surface area contributed by atoms with Crippen LogP contribution in [0.1, 0.15) is 25.5 Å². The van der Waals surface area contributed by atoms with E-state index in [1.54, 1.807) is 0 Å². The standard InChI is InChI=1S/C23H26N6O3S/c1-15-14-31-12-10-29(15)19-13-18(23(33-2)7-8-23)26-20(27-19)16-3-5-17(6-4-16)25-21(30)28-22-24-9-11-32-22/h3-6,9,11,13,15H,7-8,10,12,14H2,1-2H3,(H2,24,25,28,30)/p+1/t15-/m0/s1. The van der Waals surface area contributed by atoms with Crippen molar-refractivity contribution >= 4 is 35.3 Å². The Kier molecular flexibility index (Phi) is 5.94. The number of amides is 2. The van der Waals surface area contributed by atoms with Crippen LogP contribution in [-0.2, 0) is 21.2 Å². The van der Waals surface area contributed by atoms with Crippen molar-refractivity contribution in [2.24, 2.45) is 0 Å². The molecule has 33 heavy (non-hydrogen) atoms. The summed E-state index contributed by atoms with van der Waals surface area (Å²) in [4.78, 5) is 28.2. The number of aromatic nitrogens is 3. The molecule has 3 aromatic rings. The van der Waals surface area contributed by atoms with Gasteiger partial charge in [0.25, 0.3) is 0 Å². The lowest BCUT2D eigenvalue weighted by Crippen LogP contribution is -2.44. The van der Waals surface area contributed by atoms with Gasteiger partial charge in [-0.3, -0.25) is 5.32 Å². The maximum Gasteiger partial charge on any atom is 0.327 e. The summed E-state index contributed by atoms with van der Waals surface area (Å²) in [6, 6.07) is 9.67. The van der Waals surface area contributed by atoms with Gasteiger partial charge in [-0.25, -0.2) is 19.7 Å². The highest BCUT2D eigenvalue weighted by molar-refractivity contribution is 7.79. The van der Waals surface area contributed by atoms with Crippen molar-refractivity contribution < 1.29 is 13.9 Å². The van der Waals surface area contributed by atoms with E-state index in [-0.39, 0.29) is 16.8 Å². The molecule has 3 heterocycles. The molecule has 0 bridgehead atoms. The largest absolute Gasteiger partial charge is 0.432 e. The van der Waals surface area contributed by atoms with Gasteiger partial charge in [-0.1, -0.05) is 0 Å². The zero-order valence-electron chi connectivity index (χ0n) is 18.6. The van der Waals surface area contributed by atoms with E-state index in [2.05, 4.69) is 39.8 Å². The van der Waals surface area contributed by atoms with Crippen LogP contribution in [0.2, 0.25) is 0 Å². The monoisotopic (exact) mass is 467 g/mol. The van der Waals surface area contributed by atoms with Gasteiger partial charge in [0, 0.05) is 36.7 Å². The molecule has 0 unspecified atom stereocenters. The van der Waals surface area contributed by atoms with E-state index < -0.39 is 6.03 Å². The van der Waals surface area contributed by atoms with Crippen molar-refractivity contribution in [3.63, 3.8) is 0 Å². The van der Waals surface area contributed by atoms with Gasteiger partial charge >= 0.3 is 12.0 Å². The topological polar surface area (TPSA) is 105 Å². The van der Waals surface area contributed by atoms with Gasteiger partial charge in [-0.15, -0.1) is 0 Å². The molecule has 5 rings (SSSR count). The maximum atomic E-state index is 12.1. The Morgan fingerprint density at radius 3 is 2.70 bits per heavy atom. The molecular formula is C23H27N6O3S+. The lowest BCUT2D eigenvalue weighted by atomic mass is 10.1. The molecule has 2 amide bonds. The number of carbonyl (C=O) groups is 1. The van der Waals surface area contributed by atoms with E-state index in [9.17, 15) is 4.79 Å². The van der Waals surface area contributed by atoms with Crippen molar-refractivity contribution in [2.75, 3.05) is 41.5 Å². The second-order valence-electron chi connectivity index (χ2n) is 8.30. The molecule has 1 atom stereocenters. The average Bonchev–Trinajstić information content (AvgIpc) is 3.48. The van der Waals surface area contributed by atoms with Crippen molar-refractivity contribution in [3.8, 4) is 11.4 Å². The van der Waals surface area contributed by atoms with Gasteiger partial charge in [0.05, 0.1) is 31.7 Å². The molecule has 0 spiro atoms. The zero-order valence-corrected chi connectivity index (χ0v) is 19.5. The van der Waals surface area contributed by atoms with Crippen molar-refractivity contribution in [3.05, 3.63) is 48.5 Å². The normalized spacial score (nSPS) is 19.2. The molecule has 1 saturated carbocycles. The smallest absolute Gasteiger partial charge is 0.327 e. The fourth-order valence-corrected chi connectivity index (χ4v) is 4.88. The molecule has 1 aromatic carbocycles. The van der Waals surface area contributed by atoms with Gasteiger partial charge in [0.1, 0.15) is 17.8 Å². The third-order valence-corrected chi connectivity index (χ3v) is 7.59. The molecule has 10 heteroatoms. The molecule has 9 nitrogen and oxygen atoms in total. The molecule has 1 aliphatic heterocycles. The Morgan fingerprint density at radius 2 is 2.03 bits per heavy atom. The first-order valence-corrected chi connectivity index (χ1v) is 12.3. The molecule has 2 aliphatic rings. The van der Waals surface area contributed by atoms with Crippen LogP contribution in [0.5, 0.6) is 0 Å². The van der Waals surface area contributed by atoms with E-state index in [1.165, 1.54) is 24.2 Å². The number of hydrogen-bond acceptors (Lipinski definition) is 7. The van der Waals surface area contributed by atoms with Crippen molar-refractivity contribution in [1.82, 2.24) is 15.0 Å². The lowest BCUT2D eigenvalue weighted by molar-refractivity contribution is 0.0985. The number of nitrogens with zero attached hydrogens (tertiary/aromatic N) is 4. The first-order chi connectivity index (χ1) is 16.1. The van der Waals surface area contributed by atoms with E-state index in [0.29, 0.717) is 24.7 Å². The molecule has 0 radical (unpaired) electrons. The average molecular weight is 468 g/mol. The fraction of sp³-hybridized carbons (Fsp3) is 0.391.